The summed E-state index contributed by atoms with van der Waals surface area (Å²) in [4.78, 5) is 50.4. The molecular weight excluding hydrogens is 769 g/mol. The first kappa shape index (κ1) is 39.0. The monoisotopic (exact) mass is 814 g/mol. The van der Waals surface area contributed by atoms with E-state index in [2.05, 4.69) is 41.9 Å². The van der Waals surface area contributed by atoms with E-state index in [1.807, 2.05) is 75.9 Å². The van der Waals surface area contributed by atoms with Crippen molar-refractivity contribution in [3.8, 4) is 21.1 Å². The van der Waals surface area contributed by atoms with Crippen LogP contribution in [0.2, 0.25) is 0 Å². The fourth-order valence-corrected chi connectivity index (χ4v) is 12.2. The van der Waals surface area contributed by atoms with Gasteiger partial charge in [0.05, 0.1) is 26.5 Å². The number of anilines is 2. The van der Waals surface area contributed by atoms with Crippen LogP contribution in [0.15, 0.2) is 48.5 Å². The number of carbonyl (C=O) groups excluding carboxylic acids is 3. The quantitative estimate of drug-likeness (QED) is 0.162. The van der Waals surface area contributed by atoms with Crippen molar-refractivity contribution in [3.63, 3.8) is 0 Å². The number of hydrogen-bond acceptors (Lipinski definition) is 11. The van der Waals surface area contributed by atoms with Crippen molar-refractivity contribution >= 4 is 93.7 Å². The molecule has 4 atom stereocenters. The molecule has 10 nitrogen and oxygen atoms in total. The Kier molecular flexibility index (Phi) is 10.9. The molecule has 8 rings (SSSR count). The summed E-state index contributed by atoms with van der Waals surface area (Å²) in [7, 11) is 0. The van der Waals surface area contributed by atoms with E-state index in [0.717, 1.165) is 63.7 Å². The van der Waals surface area contributed by atoms with Gasteiger partial charge in [-0.1, -0.05) is 24.3 Å². The zero-order valence-corrected chi connectivity index (χ0v) is 35.7. The van der Waals surface area contributed by atoms with Crippen LogP contribution in [0.1, 0.15) is 95.3 Å². The number of rotatable bonds is 4. The van der Waals surface area contributed by atoms with Crippen LogP contribution in [0, 0.1) is 0 Å². The minimum Gasteiger partial charge on any atom is -0.444 e. The van der Waals surface area contributed by atoms with Gasteiger partial charge in [-0.3, -0.25) is 14.5 Å². The van der Waals surface area contributed by atoms with E-state index in [-0.39, 0.29) is 30.0 Å². The number of thiazole rings is 2. The van der Waals surface area contributed by atoms with Crippen LogP contribution in [0.3, 0.4) is 0 Å². The topological polar surface area (TPSA) is 126 Å². The molecule has 6 aromatic rings. The summed E-state index contributed by atoms with van der Waals surface area (Å²) in [5.74, 6) is -0.157. The minimum absolute atomic E-state index is 0.0368. The molecule has 55 heavy (non-hydrogen) atoms. The first-order chi connectivity index (χ1) is 26.1. The Hall–Kier alpha value is -4.21. The molecule has 0 radical (unpaired) electrons. The molecule has 4 aromatic heterocycles. The Labute approximate surface area is 337 Å². The van der Waals surface area contributed by atoms with Gasteiger partial charge in [0.15, 0.2) is 0 Å². The summed E-state index contributed by atoms with van der Waals surface area (Å²) in [6, 6.07) is 16.7. The van der Waals surface area contributed by atoms with Crippen molar-refractivity contribution < 1.29 is 19.1 Å². The molecule has 0 unspecified atom stereocenters. The van der Waals surface area contributed by atoms with Crippen LogP contribution in [-0.4, -0.2) is 50.5 Å². The Bertz CT molecular complexity index is 2350. The molecule has 6 heterocycles. The van der Waals surface area contributed by atoms with E-state index in [0.29, 0.717) is 18.5 Å². The highest BCUT2D eigenvalue weighted by molar-refractivity contribution is 7.23. The predicted octanol–water partition coefficient (Wildman–Crippen LogP) is 10.8. The van der Waals surface area contributed by atoms with E-state index in [4.69, 9.17) is 14.7 Å². The lowest BCUT2D eigenvalue weighted by Crippen LogP contribution is -2.46. The van der Waals surface area contributed by atoms with Crippen LogP contribution < -0.4 is 16.0 Å². The SMILES string of the molecule is CC(=O)Nc1sc2c(c1-c1nc3ccccc3s1)C[C@@H](C)N(C(=O)OC(C)(C)C)[C@H]2C.CC(=O)Nc1sc2c(c1-c1nc3ccccc3s1)C[C@@H](C)N[C@H]2C. The number of amides is 3. The molecule has 2 aliphatic rings. The highest BCUT2D eigenvalue weighted by atomic mass is 32.1. The lowest BCUT2D eigenvalue weighted by Gasteiger charge is -2.39. The number of hydrogen-bond donors (Lipinski definition) is 3. The molecule has 0 saturated heterocycles. The summed E-state index contributed by atoms with van der Waals surface area (Å²) >= 11 is 6.53. The number of nitrogens with one attached hydrogen (secondary N) is 3. The Balaban J connectivity index is 0.000000174. The van der Waals surface area contributed by atoms with Crippen molar-refractivity contribution in [1.29, 1.82) is 0 Å². The third-order valence-corrected chi connectivity index (χ3v) is 14.2. The molecule has 288 valence electrons. The van der Waals surface area contributed by atoms with E-state index in [1.54, 1.807) is 40.9 Å². The summed E-state index contributed by atoms with van der Waals surface area (Å²) in [5.41, 5.74) is 6.00. The second-order valence-electron chi connectivity index (χ2n) is 15.2. The summed E-state index contributed by atoms with van der Waals surface area (Å²) < 4.78 is 7.96. The molecule has 3 N–H and O–H groups in total. The molecule has 2 aliphatic heterocycles. The Morgan fingerprint density at radius 1 is 0.745 bits per heavy atom. The molecule has 0 saturated carbocycles. The Morgan fingerprint density at radius 3 is 1.73 bits per heavy atom. The standard InChI is InChI=1S/C23H27N3O3S2.C18H19N3OS2/c1-12-11-15-18(21-25-16-9-7-8-10-17(16)30-21)20(24-14(3)27)31-19(15)13(2)26(12)22(28)29-23(4,5)6;1-9-8-12-15(18-21-13-6-4-5-7-14(13)23-18)17(20-11(3)22)24-16(12)10(2)19-9/h7-10,12-13H,11H2,1-6H3,(H,24,27);4-7,9-10,19H,8H2,1-3H3,(H,20,22)/t12-,13+;9-,10+/m11/s1. The fourth-order valence-electron chi connectivity index (χ4n) is 7.39. The van der Waals surface area contributed by atoms with Crippen molar-refractivity contribution in [3.05, 3.63) is 69.4 Å². The largest absolute Gasteiger partial charge is 0.444 e. The van der Waals surface area contributed by atoms with Crippen LogP contribution in [-0.2, 0) is 27.2 Å². The lowest BCUT2D eigenvalue weighted by atomic mass is 9.93. The van der Waals surface area contributed by atoms with Gasteiger partial charge in [0.1, 0.15) is 25.6 Å². The normalized spacial score (nSPS) is 19.3. The average molecular weight is 815 g/mol. The van der Waals surface area contributed by atoms with Gasteiger partial charge in [0.2, 0.25) is 11.8 Å². The minimum atomic E-state index is -0.556. The van der Waals surface area contributed by atoms with Crippen molar-refractivity contribution in [2.75, 3.05) is 10.6 Å². The Morgan fingerprint density at radius 2 is 1.24 bits per heavy atom. The number of para-hydroxylation sites is 2. The molecular formula is C41H46N6O4S4. The van der Waals surface area contributed by atoms with E-state index in [9.17, 15) is 14.4 Å². The average Bonchev–Trinajstić information content (AvgIpc) is 3.86. The number of aromatic nitrogens is 2. The molecule has 0 aliphatic carbocycles. The fraction of sp³-hybridized carbons (Fsp3) is 0.390. The van der Waals surface area contributed by atoms with Crippen molar-refractivity contribution in [2.45, 2.75) is 105 Å². The summed E-state index contributed by atoms with van der Waals surface area (Å²) in [6.45, 7) is 17.2. The molecule has 0 fully saturated rings. The molecule has 0 spiro atoms. The number of thiophene rings is 2. The second-order valence-corrected chi connectivity index (χ2v) is 19.4. The van der Waals surface area contributed by atoms with Gasteiger partial charge in [0, 0.05) is 52.9 Å². The van der Waals surface area contributed by atoms with E-state index < -0.39 is 5.60 Å². The van der Waals surface area contributed by atoms with Gasteiger partial charge >= 0.3 is 6.09 Å². The van der Waals surface area contributed by atoms with Gasteiger partial charge in [-0.05, 0) is 96.7 Å². The number of ether oxygens (including phenoxy) is 1. The molecule has 3 amide bonds. The van der Waals surface area contributed by atoms with Crippen LogP contribution in [0.4, 0.5) is 14.8 Å². The summed E-state index contributed by atoms with van der Waals surface area (Å²) in [6.07, 6.45) is 1.33. The highest BCUT2D eigenvalue weighted by Crippen LogP contribution is 2.50. The molecule has 2 aromatic carbocycles. The van der Waals surface area contributed by atoms with Gasteiger partial charge in [-0.2, -0.15) is 0 Å². The number of fused-ring (bicyclic) bond motifs is 4. The molecule has 0 bridgehead atoms. The third kappa shape index (κ3) is 8.06. The first-order valence-corrected chi connectivity index (χ1v) is 21.7. The number of carbonyl (C=O) groups is 3. The maximum Gasteiger partial charge on any atom is 0.411 e. The summed E-state index contributed by atoms with van der Waals surface area (Å²) in [5, 5.41) is 13.2. The number of benzene rings is 2. The second kappa shape index (κ2) is 15.4. The van der Waals surface area contributed by atoms with E-state index in [1.165, 1.54) is 33.4 Å². The third-order valence-electron chi connectivity index (χ3n) is 9.48. The zero-order valence-electron chi connectivity index (χ0n) is 32.5. The maximum atomic E-state index is 12.9. The van der Waals surface area contributed by atoms with Crippen LogP contribution in [0.25, 0.3) is 41.6 Å². The van der Waals surface area contributed by atoms with Crippen LogP contribution in [0.5, 0.6) is 0 Å². The molecule has 14 heteroatoms. The van der Waals surface area contributed by atoms with Crippen molar-refractivity contribution in [1.82, 2.24) is 20.2 Å². The maximum absolute atomic E-state index is 12.9. The van der Waals surface area contributed by atoms with E-state index >= 15 is 0 Å². The predicted molar refractivity (Wildman–Crippen MR) is 229 cm³/mol. The zero-order chi connectivity index (χ0) is 39.3. The number of nitrogens with zero attached hydrogens (tertiary/aromatic N) is 3. The van der Waals surface area contributed by atoms with Crippen molar-refractivity contribution in [2.24, 2.45) is 0 Å². The first-order valence-electron chi connectivity index (χ1n) is 18.4. The lowest BCUT2D eigenvalue weighted by molar-refractivity contribution is -0.115. The van der Waals surface area contributed by atoms with Gasteiger partial charge in [-0.25, -0.2) is 14.8 Å². The van der Waals surface area contributed by atoms with Gasteiger partial charge in [-0.15, -0.1) is 45.3 Å². The van der Waals surface area contributed by atoms with Crippen LogP contribution >= 0.6 is 45.3 Å². The highest BCUT2D eigenvalue weighted by Gasteiger charge is 2.39. The smallest absolute Gasteiger partial charge is 0.411 e. The van der Waals surface area contributed by atoms with Gasteiger partial charge in [0.25, 0.3) is 0 Å². The van der Waals surface area contributed by atoms with Gasteiger partial charge < -0.3 is 20.7 Å².